The van der Waals surface area contributed by atoms with Crippen LogP contribution in [0.4, 0.5) is 4.79 Å². The maximum absolute atomic E-state index is 11.7. The van der Waals surface area contributed by atoms with E-state index in [9.17, 15) is 14.4 Å². The summed E-state index contributed by atoms with van der Waals surface area (Å²) >= 11 is 0. The number of hydrogen-bond donors (Lipinski definition) is 1. The van der Waals surface area contributed by atoms with Crippen LogP contribution in [0.2, 0.25) is 0 Å². The monoisotopic (exact) mass is 315 g/mol. The zero-order valence-electron chi connectivity index (χ0n) is 13.6. The number of ether oxygens (including phenoxy) is 3. The second kappa shape index (κ2) is 10.6. The van der Waals surface area contributed by atoms with Gasteiger partial charge in [-0.15, -0.1) is 0 Å². The van der Waals surface area contributed by atoms with Crippen molar-refractivity contribution in [3.05, 3.63) is 12.7 Å². The van der Waals surface area contributed by atoms with E-state index >= 15 is 0 Å². The average Bonchev–Trinajstić information content (AvgIpc) is 2.48. The van der Waals surface area contributed by atoms with Gasteiger partial charge in [0.2, 0.25) is 0 Å². The van der Waals surface area contributed by atoms with E-state index in [0.29, 0.717) is 0 Å². The average molecular weight is 315 g/mol. The Balaban J connectivity index is 3.83. The Labute approximate surface area is 131 Å². The van der Waals surface area contributed by atoms with Crippen LogP contribution in [0.15, 0.2) is 12.7 Å². The molecule has 0 aliphatic rings. The summed E-state index contributed by atoms with van der Waals surface area (Å²) in [7, 11) is 0. The van der Waals surface area contributed by atoms with Crippen molar-refractivity contribution in [2.24, 2.45) is 11.8 Å². The molecule has 0 spiro atoms. The van der Waals surface area contributed by atoms with Crippen LogP contribution in [-0.4, -0.2) is 43.9 Å². The van der Waals surface area contributed by atoms with Crippen molar-refractivity contribution in [2.75, 3.05) is 19.8 Å². The van der Waals surface area contributed by atoms with Crippen molar-refractivity contribution in [2.45, 2.75) is 33.8 Å². The first kappa shape index (κ1) is 19.9. The normalized spacial score (nSPS) is 13.0. The first-order valence-electron chi connectivity index (χ1n) is 7.18. The van der Waals surface area contributed by atoms with Crippen LogP contribution >= 0.6 is 0 Å². The number of rotatable bonds is 9. The van der Waals surface area contributed by atoms with Crippen molar-refractivity contribution in [1.82, 2.24) is 5.32 Å². The van der Waals surface area contributed by atoms with Crippen LogP contribution < -0.4 is 5.32 Å². The number of carbonyl (C=O) groups excluding carboxylic acids is 3. The van der Waals surface area contributed by atoms with Crippen molar-refractivity contribution < 1.29 is 28.6 Å². The van der Waals surface area contributed by atoms with E-state index in [0.717, 1.165) is 6.08 Å². The summed E-state index contributed by atoms with van der Waals surface area (Å²) < 4.78 is 14.7. The summed E-state index contributed by atoms with van der Waals surface area (Å²) in [6.07, 6.45) is -0.167. The quantitative estimate of drug-likeness (QED) is 0.301. The summed E-state index contributed by atoms with van der Waals surface area (Å²) in [6, 6.07) is 0. The maximum atomic E-state index is 11.7. The van der Waals surface area contributed by atoms with Crippen LogP contribution in [0.25, 0.3) is 0 Å². The molecule has 7 nitrogen and oxygen atoms in total. The molecular formula is C15H25NO6. The summed E-state index contributed by atoms with van der Waals surface area (Å²) in [5.74, 6) is -0.907. The van der Waals surface area contributed by atoms with Gasteiger partial charge in [-0.1, -0.05) is 27.4 Å². The first-order chi connectivity index (χ1) is 10.3. The van der Waals surface area contributed by atoms with Gasteiger partial charge in [-0.2, -0.15) is 0 Å². The highest BCUT2D eigenvalue weighted by atomic mass is 16.6. The van der Waals surface area contributed by atoms with E-state index in [4.69, 9.17) is 9.47 Å². The topological polar surface area (TPSA) is 90.9 Å². The first-order valence-corrected chi connectivity index (χ1v) is 7.18. The fraction of sp³-hybridized carbons (Fsp3) is 0.667. The molecule has 2 atom stereocenters. The fourth-order valence-corrected chi connectivity index (χ4v) is 1.22. The van der Waals surface area contributed by atoms with Crippen molar-refractivity contribution >= 4 is 18.0 Å². The van der Waals surface area contributed by atoms with E-state index in [-0.39, 0.29) is 37.6 Å². The van der Waals surface area contributed by atoms with Crippen molar-refractivity contribution in [3.63, 3.8) is 0 Å². The Morgan fingerprint density at radius 2 is 1.77 bits per heavy atom. The zero-order valence-corrected chi connectivity index (χ0v) is 13.6. The number of esters is 2. The van der Waals surface area contributed by atoms with Crippen LogP contribution in [0.1, 0.15) is 27.7 Å². The van der Waals surface area contributed by atoms with Gasteiger partial charge in [-0.05, 0) is 12.8 Å². The highest BCUT2D eigenvalue weighted by Gasteiger charge is 2.21. The molecule has 22 heavy (non-hydrogen) atoms. The van der Waals surface area contributed by atoms with Gasteiger partial charge in [0.1, 0.15) is 19.3 Å². The molecule has 0 radical (unpaired) electrons. The molecule has 1 N–H and O–H groups in total. The largest absolute Gasteiger partial charge is 0.461 e. The third-order valence-corrected chi connectivity index (χ3v) is 2.92. The molecule has 0 saturated heterocycles. The Morgan fingerprint density at radius 3 is 2.32 bits per heavy atom. The molecule has 0 rings (SSSR count). The molecule has 0 aromatic carbocycles. The second-order valence-corrected chi connectivity index (χ2v) is 5.18. The van der Waals surface area contributed by atoms with Gasteiger partial charge in [0.25, 0.3) is 0 Å². The molecule has 1 amide bonds. The lowest BCUT2D eigenvalue weighted by Gasteiger charge is -2.18. The van der Waals surface area contributed by atoms with Gasteiger partial charge in [0, 0.05) is 6.08 Å². The van der Waals surface area contributed by atoms with Crippen molar-refractivity contribution in [1.29, 1.82) is 0 Å². The minimum absolute atomic E-state index is 0.0242. The Kier molecular flexibility index (Phi) is 9.65. The molecule has 2 unspecified atom stereocenters. The summed E-state index contributed by atoms with van der Waals surface area (Å²) in [5, 5.41) is 2.40. The number of alkyl carbamates (subject to hydrolysis) is 1. The lowest BCUT2D eigenvalue weighted by molar-refractivity contribution is -0.155. The minimum atomic E-state index is -0.672. The molecule has 0 heterocycles. The van der Waals surface area contributed by atoms with E-state index in [2.05, 4.69) is 16.6 Å². The molecule has 0 aromatic rings. The molecule has 0 aromatic heterocycles. The highest BCUT2D eigenvalue weighted by molar-refractivity contribution is 5.81. The number of nitrogens with one attached hydrogen (secondary N) is 1. The Hall–Kier alpha value is -2.05. The van der Waals surface area contributed by atoms with Gasteiger partial charge in [-0.3, -0.25) is 4.79 Å². The highest BCUT2D eigenvalue weighted by Crippen LogP contribution is 2.12. The number of carbonyl (C=O) groups is 3. The van der Waals surface area contributed by atoms with Crippen molar-refractivity contribution in [3.8, 4) is 0 Å². The van der Waals surface area contributed by atoms with Gasteiger partial charge < -0.3 is 19.5 Å². The van der Waals surface area contributed by atoms with Crippen LogP contribution in [-0.2, 0) is 23.8 Å². The molecule has 126 valence electrons. The van der Waals surface area contributed by atoms with Gasteiger partial charge in [0.15, 0.2) is 0 Å². The van der Waals surface area contributed by atoms with Crippen LogP contribution in [0.3, 0.4) is 0 Å². The maximum Gasteiger partial charge on any atom is 0.407 e. The molecule has 7 heteroatoms. The minimum Gasteiger partial charge on any atom is -0.461 e. The third-order valence-electron chi connectivity index (χ3n) is 2.92. The summed E-state index contributed by atoms with van der Waals surface area (Å²) in [5.41, 5.74) is 0. The van der Waals surface area contributed by atoms with E-state index in [1.54, 1.807) is 13.8 Å². The van der Waals surface area contributed by atoms with E-state index in [1.165, 1.54) is 0 Å². The van der Waals surface area contributed by atoms with Crippen LogP contribution in [0, 0.1) is 11.8 Å². The van der Waals surface area contributed by atoms with Crippen LogP contribution in [0.5, 0.6) is 0 Å². The summed E-state index contributed by atoms with van der Waals surface area (Å²) in [4.78, 5) is 33.8. The second-order valence-electron chi connectivity index (χ2n) is 5.18. The van der Waals surface area contributed by atoms with E-state index < -0.39 is 18.2 Å². The Bertz CT molecular complexity index is 393. The van der Waals surface area contributed by atoms with Gasteiger partial charge >= 0.3 is 18.0 Å². The molecule has 0 saturated carbocycles. The smallest absolute Gasteiger partial charge is 0.407 e. The van der Waals surface area contributed by atoms with Gasteiger partial charge in [0.05, 0.1) is 12.5 Å². The standard InChI is InChI=1S/C15H25NO6/c1-6-13(17)20-8-7-16-15(19)21-9-11(4)22-14(18)12(5)10(2)3/h6,10-12H,1,7-9H2,2-5H3,(H,16,19). The lowest BCUT2D eigenvalue weighted by Crippen LogP contribution is -2.32. The molecule has 0 aliphatic carbocycles. The number of amides is 1. The Morgan fingerprint density at radius 1 is 1.14 bits per heavy atom. The SMILES string of the molecule is C=CC(=O)OCCNC(=O)OCC(C)OC(=O)C(C)C(C)C. The zero-order chi connectivity index (χ0) is 17.1. The van der Waals surface area contributed by atoms with Gasteiger partial charge in [-0.25, -0.2) is 9.59 Å². The molecule has 0 bridgehead atoms. The predicted octanol–water partition coefficient (Wildman–Crippen LogP) is 1.67. The molecular weight excluding hydrogens is 290 g/mol. The third kappa shape index (κ3) is 8.99. The predicted molar refractivity (Wildman–Crippen MR) is 80.1 cm³/mol. The fourth-order valence-electron chi connectivity index (χ4n) is 1.22. The molecule has 0 fully saturated rings. The lowest BCUT2D eigenvalue weighted by atomic mass is 9.98. The number of hydrogen-bond acceptors (Lipinski definition) is 6. The molecule has 0 aliphatic heterocycles. The summed E-state index contributed by atoms with van der Waals surface area (Å²) in [6.45, 7) is 10.6. The van der Waals surface area contributed by atoms with E-state index in [1.807, 2.05) is 13.8 Å².